The number of carbonyl (C=O) groups excluding carboxylic acids is 2. The number of aromatic carboxylic acids is 1. The number of amides is 2. The number of anilines is 1. The van der Waals surface area contributed by atoms with E-state index in [1.807, 2.05) is 36.4 Å². The van der Waals surface area contributed by atoms with Crippen molar-refractivity contribution in [3.63, 3.8) is 0 Å². The summed E-state index contributed by atoms with van der Waals surface area (Å²) >= 11 is 6.01. The predicted octanol–water partition coefficient (Wildman–Crippen LogP) is 5.44. The number of rotatable bonds is 6. The van der Waals surface area contributed by atoms with Gasteiger partial charge in [-0.05, 0) is 59.7 Å². The van der Waals surface area contributed by atoms with Crippen LogP contribution in [0.25, 0.3) is 11.1 Å². The van der Waals surface area contributed by atoms with Crippen molar-refractivity contribution in [1.82, 2.24) is 5.32 Å². The van der Waals surface area contributed by atoms with Gasteiger partial charge in [0.15, 0.2) is 0 Å². The Morgan fingerprint density at radius 3 is 2.14 bits per heavy atom. The molecule has 1 saturated carbocycles. The fourth-order valence-electron chi connectivity index (χ4n) is 4.79. The molecule has 35 heavy (non-hydrogen) atoms. The minimum absolute atomic E-state index is 0.0162. The summed E-state index contributed by atoms with van der Waals surface area (Å²) < 4.78 is 5.62. The Bertz CT molecular complexity index is 1290. The summed E-state index contributed by atoms with van der Waals surface area (Å²) in [5.74, 6) is -1.62. The van der Waals surface area contributed by atoms with Gasteiger partial charge in [-0.25, -0.2) is 9.59 Å². The number of carboxylic acids is 1. The molecule has 0 unspecified atom stereocenters. The number of hydrogen-bond acceptors (Lipinski definition) is 4. The van der Waals surface area contributed by atoms with Gasteiger partial charge in [0, 0.05) is 11.6 Å². The maximum Gasteiger partial charge on any atom is 0.408 e. The molecule has 5 rings (SSSR count). The number of fused-ring (bicyclic) bond motifs is 3. The van der Waals surface area contributed by atoms with Gasteiger partial charge in [-0.3, -0.25) is 4.79 Å². The summed E-state index contributed by atoms with van der Waals surface area (Å²) in [5.41, 5.74) is 3.71. The van der Waals surface area contributed by atoms with Crippen molar-refractivity contribution in [3.05, 3.63) is 88.4 Å². The Kier molecular flexibility index (Phi) is 5.94. The van der Waals surface area contributed by atoms with Crippen LogP contribution >= 0.6 is 11.6 Å². The van der Waals surface area contributed by atoms with Crippen molar-refractivity contribution in [2.24, 2.45) is 0 Å². The van der Waals surface area contributed by atoms with E-state index in [1.165, 1.54) is 18.2 Å². The molecule has 2 amide bonds. The second-order valence-corrected chi connectivity index (χ2v) is 9.25. The van der Waals surface area contributed by atoms with Crippen molar-refractivity contribution >= 4 is 35.3 Å². The highest BCUT2D eigenvalue weighted by Gasteiger charge is 2.46. The molecule has 7 nitrogen and oxygen atoms in total. The topological polar surface area (TPSA) is 105 Å². The predicted molar refractivity (Wildman–Crippen MR) is 132 cm³/mol. The monoisotopic (exact) mass is 490 g/mol. The van der Waals surface area contributed by atoms with Crippen LogP contribution in [0, 0.1) is 0 Å². The van der Waals surface area contributed by atoms with E-state index in [1.54, 1.807) is 0 Å². The highest BCUT2D eigenvalue weighted by atomic mass is 35.5. The van der Waals surface area contributed by atoms with Crippen LogP contribution in [0.3, 0.4) is 0 Å². The smallest absolute Gasteiger partial charge is 0.408 e. The molecule has 0 radical (unpaired) electrons. The SMILES string of the molecule is O=C(NC1(C(=O)Nc2ccc(C(=O)O)c(Cl)c2)CCC1)OCC1c2ccccc2-c2ccccc21. The molecule has 0 atom stereocenters. The van der Waals surface area contributed by atoms with E-state index >= 15 is 0 Å². The second-order valence-electron chi connectivity index (χ2n) is 8.84. The van der Waals surface area contributed by atoms with Gasteiger partial charge in [-0.15, -0.1) is 0 Å². The van der Waals surface area contributed by atoms with Gasteiger partial charge in [0.25, 0.3) is 0 Å². The zero-order chi connectivity index (χ0) is 24.6. The lowest BCUT2D eigenvalue weighted by Gasteiger charge is -2.40. The Balaban J connectivity index is 1.25. The Morgan fingerprint density at radius 1 is 0.971 bits per heavy atom. The van der Waals surface area contributed by atoms with Crippen LogP contribution in [0.2, 0.25) is 5.02 Å². The first-order chi connectivity index (χ1) is 16.9. The van der Waals surface area contributed by atoms with Gasteiger partial charge in [0.05, 0.1) is 10.6 Å². The van der Waals surface area contributed by atoms with Crippen LogP contribution in [0.5, 0.6) is 0 Å². The molecule has 0 saturated heterocycles. The molecule has 0 bridgehead atoms. The number of halogens is 1. The summed E-state index contributed by atoms with van der Waals surface area (Å²) in [7, 11) is 0. The number of carboxylic acid groups (broad SMARTS) is 1. The number of ether oxygens (including phenoxy) is 1. The van der Waals surface area contributed by atoms with Crippen molar-refractivity contribution < 1.29 is 24.2 Å². The average molecular weight is 491 g/mol. The lowest BCUT2D eigenvalue weighted by molar-refractivity contribution is -0.125. The first-order valence-corrected chi connectivity index (χ1v) is 11.7. The number of carbonyl (C=O) groups is 3. The number of hydrogen-bond donors (Lipinski definition) is 3. The third-order valence-electron chi connectivity index (χ3n) is 6.78. The lowest BCUT2D eigenvalue weighted by Crippen LogP contribution is -2.61. The average Bonchev–Trinajstić information content (AvgIpc) is 3.13. The number of alkyl carbamates (subject to hydrolysis) is 1. The van der Waals surface area contributed by atoms with Crippen molar-refractivity contribution in [3.8, 4) is 11.1 Å². The summed E-state index contributed by atoms with van der Waals surface area (Å²) in [6.07, 6.45) is 1.09. The fraction of sp³-hybridized carbons (Fsp3) is 0.222. The highest BCUT2D eigenvalue weighted by molar-refractivity contribution is 6.33. The van der Waals surface area contributed by atoms with Crippen molar-refractivity contribution in [2.75, 3.05) is 11.9 Å². The van der Waals surface area contributed by atoms with E-state index in [0.29, 0.717) is 18.5 Å². The zero-order valence-corrected chi connectivity index (χ0v) is 19.5. The third-order valence-corrected chi connectivity index (χ3v) is 7.10. The maximum atomic E-state index is 13.0. The van der Waals surface area contributed by atoms with Crippen LogP contribution < -0.4 is 10.6 Å². The zero-order valence-electron chi connectivity index (χ0n) is 18.7. The van der Waals surface area contributed by atoms with E-state index in [2.05, 4.69) is 22.8 Å². The van der Waals surface area contributed by atoms with Crippen LogP contribution in [0.15, 0.2) is 66.7 Å². The molecular formula is C27H23ClN2O5. The Morgan fingerprint density at radius 2 is 1.60 bits per heavy atom. The molecule has 3 aromatic rings. The molecule has 2 aliphatic rings. The molecule has 2 aliphatic carbocycles. The molecule has 178 valence electrons. The summed E-state index contributed by atoms with van der Waals surface area (Å²) in [6, 6.07) is 20.3. The largest absolute Gasteiger partial charge is 0.478 e. The number of nitrogens with one attached hydrogen (secondary N) is 2. The van der Waals surface area contributed by atoms with Gasteiger partial charge in [-0.2, -0.15) is 0 Å². The maximum absolute atomic E-state index is 13.0. The second kappa shape index (κ2) is 9.07. The molecule has 0 aromatic heterocycles. The molecule has 3 N–H and O–H groups in total. The van der Waals surface area contributed by atoms with E-state index in [0.717, 1.165) is 28.7 Å². The third kappa shape index (κ3) is 4.23. The van der Waals surface area contributed by atoms with Crippen molar-refractivity contribution in [2.45, 2.75) is 30.7 Å². The Labute approximate surface area is 207 Å². The van der Waals surface area contributed by atoms with Gasteiger partial charge < -0.3 is 20.5 Å². The molecule has 0 heterocycles. The van der Waals surface area contributed by atoms with Crippen LogP contribution in [0.4, 0.5) is 10.5 Å². The van der Waals surface area contributed by atoms with Crippen molar-refractivity contribution in [1.29, 1.82) is 0 Å². The first kappa shape index (κ1) is 22.9. The minimum Gasteiger partial charge on any atom is -0.478 e. The van der Waals surface area contributed by atoms with E-state index < -0.39 is 23.5 Å². The molecule has 1 fully saturated rings. The Hall–Kier alpha value is -3.84. The molecular weight excluding hydrogens is 468 g/mol. The normalized spacial score (nSPS) is 15.3. The first-order valence-electron chi connectivity index (χ1n) is 11.4. The lowest BCUT2D eigenvalue weighted by atomic mass is 9.76. The molecule has 0 aliphatic heterocycles. The van der Waals surface area contributed by atoms with Crippen LogP contribution in [-0.2, 0) is 9.53 Å². The van der Waals surface area contributed by atoms with Gasteiger partial charge >= 0.3 is 12.1 Å². The highest BCUT2D eigenvalue weighted by Crippen LogP contribution is 2.44. The fourth-order valence-corrected chi connectivity index (χ4v) is 5.05. The summed E-state index contributed by atoms with van der Waals surface area (Å²) in [5, 5.41) is 14.6. The van der Waals surface area contributed by atoms with E-state index in [4.69, 9.17) is 21.4 Å². The van der Waals surface area contributed by atoms with Crippen LogP contribution in [0.1, 0.15) is 46.7 Å². The number of benzene rings is 3. The van der Waals surface area contributed by atoms with E-state index in [-0.39, 0.29) is 23.1 Å². The molecule has 0 spiro atoms. The standard InChI is InChI=1S/C27H23ClN2O5/c28-23-14-16(10-11-21(23)24(31)32)29-25(33)27(12-5-13-27)30-26(34)35-15-22-19-8-3-1-6-17(19)18-7-2-4-9-20(18)22/h1-4,6-11,14,22H,5,12-13,15H2,(H,29,33)(H,30,34)(H,31,32). The quantitative estimate of drug-likeness (QED) is 0.427. The molecule has 3 aromatic carbocycles. The van der Waals surface area contributed by atoms with Crippen LogP contribution in [-0.4, -0.2) is 35.2 Å². The minimum atomic E-state index is -1.15. The summed E-state index contributed by atoms with van der Waals surface area (Å²) in [6.45, 7) is 0.157. The van der Waals surface area contributed by atoms with Gasteiger partial charge in [0.2, 0.25) is 5.91 Å². The summed E-state index contributed by atoms with van der Waals surface area (Å²) in [4.78, 5) is 36.9. The van der Waals surface area contributed by atoms with Gasteiger partial charge in [0.1, 0.15) is 12.1 Å². The molecule has 8 heteroatoms. The van der Waals surface area contributed by atoms with Gasteiger partial charge in [-0.1, -0.05) is 60.1 Å². The van der Waals surface area contributed by atoms with E-state index in [9.17, 15) is 14.4 Å².